The fraction of sp³-hybridized carbons (Fsp3) is 0.545. The zero-order valence-electron chi connectivity index (χ0n) is 9.73. The number of piperazine rings is 1. The first kappa shape index (κ1) is 14.5. The molecule has 1 fully saturated rings. The van der Waals surface area contributed by atoms with Crippen molar-refractivity contribution in [3.63, 3.8) is 0 Å². The Kier molecular flexibility index (Phi) is 5.20. The van der Waals surface area contributed by atoms with Gasteiger partial charge in [0.05, 0.1) is 19.7 Å². The smallest absolute Gasteiger partial charge is 0.255 e. The Labute approximate surface area is 127 Å². The van der Waals surface area contributed by atoms with Gasteiger partial charge in [0.25, 0.3) is 5.91 Å². The lowest BCUT2D eigenvalue weighted by Crippen LogP contribution is -2.49. The molecule has 0 aliphatic carbocycles. The van der Waals surface area contributed by atoms with Gasteiger partial charge in [-0.15, -0.1) is 11.3 Å². The molecule has 0 radical (unpaired) electrons. The van der Waals surface area contributed by atoms with E-state index in [4.69, 9.17) is 5.11 Å². The summed E-state index contributed by atoms with van der Waals surface area (Å²) in [6.45, 7) is 3.97. The van der Waals surface area contributed by atoms with Crippen molar-refractivity contribution < 1.29 is 9.90 Å². The van der Waals surface area contributed by atoms with E-state index in [2.05, 4.69) is 36.8 Å². The van der Waals surface area contributed by atoms with Gasteiger partial charge in [-0.25, -0.2) is 0 Å². The molecule has 0 aromatic carbocycles. The van der Waals surface area contributed by atoms with E-state index in [1.54, 1.807) is 0 Å². The number of halogens is 2. The first-order chi connectivity index (χ1) is 8.61. The number of aliphatic hydroxyl groups is 1. The van der Waals surface area contributed by atoms with Crippen LogP contribution < -0.4 is 0 Å². The van der Waals surface area contributed by atoms with E-state index in [1.165, 1.54) is 11.3 Å². The molecule has 1 aliphatic rings. The predicted octanol–water partition coefficient (Wildman–Crippen LogP) is 2.02. The topological polar surface area (TPSA) is 43.8 Å². The molecule has 2 heterocycles. The van der Waals surface area contributed by atoms with Crippen molar-refractivity contribution in [3.8, 4) is 0 Å². The van der Waals surface area contributed by atoms with E-state index in [0.717, 1.165) is 39.3 Å². The van der Waals surface area contributed by atoms with Gasteiger partial charge < -0.3 is 10.0 Å². The first-order valence-electron chi connectivity index (χ1n) is 5.69. The molecular weight excluding hydrogens is 384 g/mol. The molecule has 18 heavy (non-hydrogen) atoms. The molecule has 1 aromatic rings. The fourth-order valence-electron chi connectivity index (χ4n) is 1.97. The molecule has 1 amide bonds. The van der Waals surface area contributed by atoms with Crippen LogP contribution in [0, 0.1) is 0 Å². The number of β-amino-alcohol motifs (C(OH)–C–C–N with tert-alkyl or cyclic N) is 1. The number of aliphatic hydroxyl groups excluding tert-OH is 1. The van der Waals surface area contributed by atoms with Crippen molar-refractivity contribution in [1.82, 2.24) is 9.80 Å². The normalized spacial score (nSPS) is 17.2. The maximum absolute atomic E-state index is 12.3. The van der Waals surface area contributed by atoms with Gasteiger partial charge in [-0.05, 0) is 37.9 Å². The highest BCUT2D eigenvalue weighted by Gasteiger charge is 2.24. The van der Waals surface area contributed by atoms with E-state index in [0.29, 0.717) is 6.54 Å². The SMILES string of the molecule is O=C(c1cc(Br)sc1Br)N1CCN(CCO)CC1. The molecule has 1 saturated heterocycles. The van der Waals surface area contributed by atoms with Crippen LogP contribution in [0.1, 0.15) is 10.4 Å². The zero-order valence-corrected chi connectivity index (χ0v) is 13.7. The quantitative estimate of drug-likeness (QED) is 0.848. The molecule has 1 N–H and O–H groups in total. The molecule has 0 spiro atoms. The second-order valence-electron chi connectivity index (χ2n) is 4.10. The van der Waals surface area contributed by atoms with Gasteiger partial charge >= 0.3 is 0 Å². The summed E-state index contributed by atoms with van der Waals surface area (Å²) in [5, 5.41) is 8.88. The number of nitrogens with zero attached hydrogens (tertiary/aromatic N) is 2. The maximum Gasteiger partial charge on any atom is 0.255 e. The summed E-state index contributed by atoms with van der Waals surface area (Å²) in [5.74, 6) is 0.0764. The van der Waals surface area contributed by atoms with Gasteiger partial charge in [-0.2, -0.15) is 0 Å². The standard InChI is InChI=1S/C11H14Br2N2O2S/c12-9-7-8(10(13)18-9)11(17)15-3-1-14(2-4-15)5-6-16/h7,16H,1-6H2. The molecule has 2 rings (SSSR count). The lowest BCUT2D eigenvalue weighted by molar-refractivity contribution is 0.0614. The average Bonchev–Trinajstić information content (AvgIpc) is 2.69. The minimum atomic E-state index is 0.0764. The average molecular weight is 398 g/mol. The Hall–Kier alpha value is 0.0500. The monoisotopic (exact) mass is 396 g/mol. The van der Waals surface area contributed by atoms with Crippen molar-refractivity contribution in [2.45, 2.75) is 0 Å². The van der Waals surface area contributed by atoms with E-state index in [-0.39, 0.29) is 12.5 Å². The molecule has 100 valence electrons. The molecule has 0 atom stereocenters. The number of carbonyl (C=O) groups excluding carboxylic acids is 1. The summed E-state index contributed by atoms with van der Waals surface area (Å²) < 4.78 is 1.83. The Balaban J connectivity index is 1.97. The van der Waals surface area contributed by atoms with Crippen LogP contribution in [0.3, 0.4) is 0 Å². The molecule has 1 aliphatic heterocycles. The summed E-state index contributed by atoms with van der Waals surface area (Å²) in [5.41, 5.74) is 0.725. The highest BCUT2D eigenvalue weighted by molar-refractivity contribution is 9.12. The highest BCUT2D eigenvalue weighted by Crippen LogP contribution is 2.32. The number of hydrogen-bond donors (Lipinski definition) is 1. The third-order valence-corrected chi connectivity index (χ3v) is 5.30. The van der Waals surface area contributed by atoms with Crippen LogP contribution in [0.25, 0.3) is 0 Å². The number of amides is 1. The molecule has 4 nitrogen and oxygen atoms in total. The fourth-order valence-corrected chi connectivity index (χ4v) is 4.75. The second kappa shape index (κ2) is 6.47. The third-order valence-electron chi connectivity index (χ3n) is 2.96. The molecular formula is C11H14Br2N2O2S. The Morgan fingerprint density at radius 2 is 2.00 bits per heavy atom. The van der Waals surface area contributed by atoms with Crippen LogP contribution in [0.5, 0.6) is 0 Å². The number of hydrogen-bond acceptors (Lipinski definition) is 4. The van der Waals surface area contributed by atoms with Gasteiger partial charge in [0, 0.05) is 32.7 Å². The largest absolute Gasteiger partial charge is 0.395 e. The molecule has 0 bridgehead atoms. The second-order valence-corrected chi connectivity index (χ2v) is 7.84. The van der Waals surface area contributed by atoms with E-state index in [1.807, 2.05) is 11.0 Å². The summed E-state index contributed by atoms with van der Waals surface area (Å²) in [6, 6.07) is 1.86. The zero-order chi connectivity index (χ0) is 13.1. The van der Waals surface area contributed by atoms with E-state index < -0.39 is 0 Å². The molecule has 7 heteroatoms. The summed E-state index contributed by atoms with van der Waals surface area (Å²) >= 11 is 8.32. The Morgan fingerprint density at radius 3 is 2.50 bits per heavy atom. The summed E-state index contributed by atoms with van der Waals surface area (Å²) in [6.07, 6.45) is 0. The van der Waals surface area contributed by atoms with Gasteiger partial charge in [-0.1, -0.05) is 0 Å². The van der Waals surface area contributed by atoms with Crippen LogP contribution >= 0.6 is 43.2 Å². The maximum atomic E-state index is 12.3. The summed E-state index contributed by atoms with van der Waals surface area (Å²) in [7, 11) is 0. The molecule has 0 saturated carbocycles. The van der Waals surface area contributed by atoms with Crippen LogP contribution in [0.15, 0.2) is 13.6 Å². The van der Waals surface area contributed by atoms with Crippen LogP contribution in [0.2, 0.25) is 0 Å². The lowest BCUT2D eigenvalue weighted by Gasteiger charge is -2.34. The minimum absolute atomic E-state index is 0.0764. The molecule has 0 unspecified atom stereocenters. The van der Waals surface area contributed by atoms with Crippen molar-refractivity contribution >= 4 is 49.1 Å². The van der Waals surface area contributed by atoms with Crippen LogP contribution in [-0.2, 0) is 0 Å². The first-order valence-corrected chi connectivity index (χ1v) is 8.09. The van der Waals surface area contributed by atoms with Gasteiger partial charge in [0.1, 0.15) is 0 Å². The Bertz CT molecular complexity index is 431. The summed E-state index contributed by atoms with van der Waals surface area (Å²) in [4.78, 5) is 16.3. The minimum Gasteiger partial charge on any atom is -0.395 e. The Morgan fingerprint density at radius 1 is 1.33 bits per heavy atom. The van der Waals surface area contributed by atoms with Gasteiger partial charge in [0.15, 0.2) is 0 Å². The van der Waals surface area contributed by atoms with Gasteiger partial charge in [-0.3, -0.25) is 9.69 Å². The van der Waals surface area contributed by atoms with Crippen molar-refractivity contribution in [2.75, 3.05) is 39.3 Å². The number of thiophene rings is 1. The van der Waals surface area contributed by atoms with E-state index >= 15 is 0 Å². The predicted molar refractivity (Wildman–Crippen MR) is 79.1 cm³/mol. The molecule has 1 aromatic heterocycles. The number of rotatable bonds is 3. The van der Waals surface area contributed by atoms with Crippen molar-refractivity contribution in [2.24, 2.45) is 0 Å². The lowest BCUT2D eigenvalue weighted by atomic mass is 10.2. The highest BCUT2D eigenvalue weighted by atomic mass is 79.9. The van der Waals surface area contributed by atoms with Crippen LogP contribution in [0.4, 0.5) is 0 Å². The van der Waals surface area contributed by atoms with Crippen molar-refractivity contribution in [3.05, 3.63) is 19.2 Å². The van der Waals surface area contributed by atoms with Crippen LogP contribution in [-0.4, -0.2) is 60.1 Å². The van der Waals surface area contributed by atoms with E-state index in [9.17, 15) is 4.79 Å². The number of carbonyl (C=O) groups is 1. The third kappa shape index (κ3) is 3.33. The van der Waals surface area contributed by atoms with Crippen molar-refractivity contribution in [1.29, 1.82) is 0 Å². The van der Waals surface area contributed by atoms with Gasteiger partial charge in [0.2, 0.25) is 0 Å².